The van der Waals surface area contributed by atoms with E-state index in [1.807, 2.05) is 0 Å². The third-order valence-corrected chi connectivity index (χ3v) is 6.15. The van der Waals surface area contributed by atoms with E-state index in [-0.39, 0.29) is 11.6 Å². The zero-order valence-electron chi connectivity index (χ0n) is 16.3. The molecular weight excluding hydrogens is 344 g/mol. The fourth-order valence-corrected chi connectivity index (χ4v) is 4.77. The van der Waals surface area contributed by atoms with Crippen molar-refractivity contribution in [3.05, 3.63) is 81.9 Å². The first-order valence-electron chi connectivity index (χ1n) is 9.97. The summed E-state index contributed by atoms with van der Waals surface area (Å²) < 4.78 is 0. The third kappa shape index (κ3) is 2.48. The third-order valence-electron chi connectivity index (χ3n) is 6.15. The van der Waals surface area contributed by atoms with Gasteiger partial charge < -0.3 is 0 Å². The van der Waals surface area contributed by atoms with Crippen molar-refractivity contribution in [2.45, 2.75) is 39.5 Å². The van der Waals surface area contributed by atoms with Gasteiger partial charge in [0.15, 0.2) is 11.6 Å². The van der Waals surface area contributed by atoms with Crippen LogP contribution >= 0.6 is 0 Å². The Hall–Kier alpha value is -3.00. The van der Waals surface area contributed by atoms with Crippen molar-refractivity contribution in [2.75, 3.05) is 0 Å². The number of hydrogen-bond acceptors (Lipinski definition) is 2. The predicted octanol–water partition coefficient (Wildman–Crippen LogP) is 5.90. The van der Waals surface area contributed by atoms with Crippen LogP contribution in [0.2, 0.25) is 0 Å². The second-order valence-corrected chi connectivity index (χ2v) is 8.04. The van der Waals surface area contributed by atoms with Crippen LogP contribution in [0.15, 0.2) is 48.5 Å². The number of ketones is 2. The zero-order chi connectivity index (χ0) is 19.4. The summed E-state index contributed by atoms with van der Waals surface area (Å²) in [5.74, 6) is 0.419. The first-order valence-corrected chi connectivity index (χ1v) is 9.97. The summed E-state index contributed by atoms with van der Waals surface area (Å²) in [6, 6.07) is 16.7. The molecule has 0 spiro atoms. The van der Waals surface area contributed by atoms with Crippen LogP contribution < -0.4 is 0 Å². The smallest absolute Gasteiger partial charge is 0.164 e. The highest BCUT2D eigenvalue weighted by Crippen LogP contribution is 2.47. The van der Waals surface area contributed by atoms with Gasteiger partial charge in [0.1, 0.15) is 0 Å². The van der Waals surface area contributed by atoms with E-state index in [1.54, 1.807) is 0 Å². The number of carbonyl (C=O) groups is 2. The number of rotatable bonds is 2. The lowest BCUT2D eigenvalue weighted by Gasteiger charge is -2.19. The molecular formula is C26H22O2. The molecule has 0 amide bonds. The van der Waals surface area contributed by atoms with E-state index >= 15 is 0 Å². The average molecular weight is 366 g/mol. The molecule has 2 heteroatoms. The van der Waals surface area contributed by atoms with Gasteiger partial charge >= 0.3 is 0 Å². The van der Waals surface area contributed by atoms with E-state index in [0.29, 0.717) is 12.8 Å². The molecule has 0 aromatic heterocycles. The molecule has 0 unspecified atom stereocenters. The van der Waals surface area contributed by atoms with Crippen molar-refractivity contribution >= 4 is 11.6 Å². The lowest BCUT2D eigenvalue weighted by atomic mass is 9.83. The molecule has 0 fully saturated rings. The zero-order valence-corrected chi connectivity index (χ0v) is 16.3. The van der Waals surface area contributed by atoms with Crippen molar-refractivity contribution < 1.29 is 9.59 Å². The number of carbonyl (C=O) groups excluding carboxylic acids is 2. The molecule has 3 aromatic rings. The molecule has 0 N–H and O–H groups in total. The van der Waals surface area contributed by atoms with Crippen molar-refractivity contribution in [1.82, 2.24) is 0 Å². The second kappa shape index (κ2) is 6.27. The van der Waals surface area contributed by atoms with Gasteiger partial charge in [-0.2, -0.15) is 0 Å². The summed E-state index contributed by atoms with van der Waals surface area (Å²) in [7, 11) is 0. The molecule has 2 aliphatic rings. The maximum atomic E-state index is 13.0. The van der Waals surface area contributed by atoms with Gasteiger partial charge in [-0.1, -0.05) is 59.7 Å². The Morgan fingerprint density at radius 2 is 0.857 bits per heavy atom. The summed E-state index contributed by atoms with van der Waals surface area (Å²) >= 11 is 0. The maximum absolute atomic E-state index is 13.0. The molecule has 0 radical (unpaired) electrons. The van der Waals surface area contributed by atoms with E-state index in [0.717, 1.165) is 57.3 Å². The van der Waals surface area contributed by atoms with Gasteiger partial charge in [-0.05, 0) is 60.1 Å². The van der Waals surface area contributed by atoms with Crippen LogP contribution in [-0.2, 0) is 12.8 Å². The minimum atomic E-state index is 0.209. The van der Waals surface area contributed by atoms with Gasteiger partial charge in [-0.25, -0.2) is 0 Å². The monoisotopic (exact) mass is 366 g/mol. The predicted molar refractivity (Wildman–Crippen MR) is 112 cm³/mol. The SMILES string of the molecule is Cc1ccc(-c2c3c(c(-c4ccc(C)cc4)c4c2C(=O)CC4)C(=O)CC3)cc1. The van der Waals surface area contributed by atoms with Crippen molar-refractivity contribution in [3.8, 4) is 22.3 Å². The Morgan fingerprint density at radius 1 is 0.500 bits per heavy atom. The minimum absolute atomic E-state index is 0.209. The molecule has 2 nitrogen and oxygen atoms in total. The molecule has 0 saturated heterocycles. The van der Waals surface area contributed by atoms with Crippen LogP contribution in [0.5, 0.6) is 0 Å². The Balaban J connectivity index is 1.88. The van der Waals surface area contributed by atoms with Crippen molar-refractivity contribution in [2.24, 2.45) is 0 Å². The van der Waals surface area contributed by atoms with E-state index in [2.05, 4.69) is 62.4 Å². The van der Waals surface area contributed by atoms with Gasteiger partial charge in [-0.3, -0.25) is 9.59 Å². The van der Waals surface area contributed by atoms with Gasteiger partial charge in [-0.15, -0.1) is 0 Å². The fourth-order valence-electron chi connectivity index (χ4n) is 4.77. The molecule has 0 atom stereocenters. The highest BCUT2D eigenvalue weighted by atomic mass is 16.1. The number of Topliss-reactive ketones (excluding diaryl/α,β-unsaturated/α-hetero) is 2. The summed E-state index contributed by atoms with van der Waals surface area (Å²) in [4.78, 5) is 25.9. The van der Waals surface area contributed by atoms with Crippen LogP contribution in [0.3, 0.4) is 0 Å². The number of aryl methyl sites for hydroxylation is 2. The van der Waals surface area contributed by atoms with Gasteiger partial charge in [0.05, 0.1) is 0 Å². The van der Waals surface area contributed by atoms with Crippen LogP contribution in [0.25, 0.3) is 22.3 Å². The van der Waals surface area contributed by atoms with Crippen molar-refractivity contribution in [3.63, 3.8) is 0 Å². The number of fused-ring (bicyclic) bond motifs is 2. The van der Waals surface area contributed by atoms with Gasteiger partial charge in [0.25, 0.3) is 0 Å². The normalized spacial score (nSPS) is 15.1. The van der Waals surface area contributed by atoms with E-state index < -0.39 is 0 Å². The minimum Gasteiger partial charge on any atom is -0.294 e. The molecule has 2 aliphatic carbocycles. The topological polar surface area (TPSA) is 34.1 Å². The fraction of sp³-hybridized carbons (Fsp3) is 0.231. The summed E-state index contributed by atoms with van der Waals surface area (Å²) in [5.41, 5.74) is 10.4. The quantitative estimate of drug-likeness (QED) is 0.566. The lowest BCUT2D eigenvalue weighted by Crippen LogP contribution is -2.06. The second-order valence-electron chi connectivity index (χ2n) is 8.04. The van der Waals surface area contributed by atoms with Gasteiger partial charge in [0, 0.05) is 24.0 Å². The van der Waals surface area contributed by atoms with Crippen LogP contribution in [0.1, 0.15) is 55.8 Å². The van der Waals surface area contributed by atoms with E-state index in [4.69, 9.17) is 0 Å². The first-order chi connectivity index (χ1) is 13.5. The maximum Gasteiger partial charge on any atom is 0.164 e. The van der Waals surface area contributed by atoms with Crippen LogP contribution in [-0.4, -0.2) is 11.6 Å². The number of hydrogen-bond donors (Lipinski definition) is 0. The highest BCUT2D eigenvalue weighted by molar-refractivity contribution is 6.16. The summed E-state index contributed by atoms with van der Waals surface area (Å²) in [6.45, 7) is 4.13. The summed E-state index contributed by atoms with van der Waals surface area (Å²) in [5, 5.41) is 0. The van der Waals surface area contributed by atoms with Gasteiger partial charge in [0.2, 0.25) is 0 Å². The molecule has 0 heterocycles. The molecule has 138 valence electrons. The Morgan fingerprint density at radius 3 is 1.21 bits per heavy atom. The molecule has 5 rings (SSSR count). The molecule has 0 saturated carbocycles. The molecule has 28 heavy (non-hydrogen) atoms. The largest absolute Gasteiger partial charge is 0.294 e. The molecule has 0 bridgehead atoms. The van der Waals surface area contributed by atoms with Crippen molar-refractivity contribution in [1.29, 1.82) is 0 Å². The van der Waals surface area contributed by atoms with E-state index in [1.165, 1.54) is 11.1 Å². The van der Waals surface area contributed by atoms with Crippen LogP contribution in [0.4, 0.5) is 0 Å². The standard InChI is InChI=1S/C26H22O2/c1-15-3-7-17(8-4-15)23-19-11-13-22(28)26(19)24(18-9-5-16(2)6-10-18)20-12-14-21(27)25(20)23/h3-10H,11-14H2,1-2H3. The molecule has 0 aliphatic heterocycles. The Labute approximate surface area is 165 Å². The molecule has 3 aromatic carbocycles. The lowest BCUT2D eigenvalue weighted by molar-refractivity contribution is 0.0986. The number of benzene rings is 3. The summed E-state index contributed by atoms with van der Waals surface area (Å²) in [6.07, 6.45) is 2.50. The van der Waals surface area contributed by atoms with E-state index in [9.17, 15) is 9.59 Å². The van der Waals surface area contributed by atoms with Crippen LogP contribution in [0, 0.1) is 13.8 Å². The Kier molecular flexibility index (Phi) is 3.83. The first kappa shape index (κ1) is 17.1. The highest BCUT2D eigenvalue weighted by Gasteiger charge is 2.36. The average Bonchev–Trinajstić information content (AvgIpc) is 3.26. The Bertz CT molecular complexity index is 1040.